The number of rotatable bonds is 4. The van der Waals surface area contributed by atoms with Crippen LogP contribution < -0.4 is 10.6 Å². The smallest absolute Gasteiger partial charge is 0.0370 e. The molecule has 1 aromatic rings. The van der Waals surface area contributed by atoms with Crippen molar-refractivity contribution in [2.75, 3.05) is 20.1 Å². The zero-order chi connectivity index (χ0) is 11.5. The van der Waals surface area contributed by atoms with E-state index in [1.807, 2.05) is 0 Å². The van der Waals surface area contributed by atoms with Gasteiger partial charge in [0.25, 0.3) is 0 Å². The quantitative estimate of drug-likeness (QED) is 0.810. The van der Waals surface area contributed by atoms with Gasteiger partial charge in [0.1, 0.15) is 0 Å². The molecular formula is C14H22N2. The average molecular weight is 218 g/mol. The Hall–Kier alpha value is -0.860. The molecule has 1 aromatic carbocycles. The van der Waals surface area contributed by atoms with Crippen molar-refractivity contribution >= 4 is 0 Å². The van der Waals surface area contributed by atoms with Crippen molar-refractivity contribution in [3.8, 4) is 0 Å². The van der Waals surface area contributed by atoms with Crippen molar-refractivity contribution in [1.29, 1.82) is 0 Å². The van der Waals surface area contributed by atoms with Crippen LogP contribution in [0.4, 0.5) is 0 Å². The first kappa shape index (κ1) is 11.6. The van der Waals surface area contributed by atoms with Gasteiger partial charge in [-0.1, -0.05) is 38.1 Å². The van der Waals surface area contributed by atoms with Crippen LogP contribution >= 0.6 is 0 Å². The zero-order valence-corrected chi connectivity index (χ0v) is 10.5. The Morgan fingerprint density at radius 1 is 1.12 bits per heavy atom. The molecule has 0 aromatic heterocycles. The van der Waals surface area contributed by atoms with Crippen molar-refractivity contribution < 1.29 is 0 Å². The SMILES string of the molecule is CNC(c1ccc(C(C)C)cc1)C1CNC1. The molecule has 1 aliphatic rings. The molecule has 2 N–H and O–H groups in total. The first-order valence-corrected chi connectivity index (χ1v) is 6.20. The molecule has 1 heterocycles. The molecule has 16 heavy (non-hydrogen) atoms. The number of nitrogens with one attached hydrogen (secondary N) is 2. The molecule has 0 aliphatic carbocycles. The van der Waals surface area contributed by atoms with Gasteiger partial charge in [0.05, 0.1) is 0 Å². The second-order valence-corrected chi connectivity index (χ2v) is 5.01. The fraction of sp³-hybridized carbons (Fsp3) is 0.571. The van der Waals surface area contributed by atoms with E-state index in [1.54, 1.807) is 0 Å². The lowest BCUT2D eigenvalue weighted by atomic mass is 9.88. The van der Waals surface area contributed by atoms with Gasteiger partial charge in [-0.05, 0) is 24.1 Å². The fourth-order valence-electron chi connectivity index (χ4n) is 2.31. The van der Waals surface area contributed by atoms with Crippen LogP contribution in [0.5, 0.6) is 0 Å². The van der Waals surface area contributed by atoms with Gasteiger partial charge in [0.15, 0.2) is 0 Å². The monoisotopic (exact) mass is 218 g/mol. The second kappa shape index (κ2) is 4.98. The van der Waals surface area contributed by atoms with Crippen LogP contribution in [0.2, 0.25) is 0 Å². The van der Waals surface area contributed by atoms with E-state index in [0.717, 1.165) is 19.0 Å². The molecule has 0 radical (unpaired) electrons. The molecule has 2 nitrogen and oxygen atoms in total. The third-order valence-corrected chi connectivity index (χ3v) is 3.56. The lowest BCUT2D eigenvalue weighted by Gasteiger charge is -2.35. The van der Waals surface area contributed by atoms with Gasteiger partial charge >= 0.3 is 0 Å². The molecular weight excluding hydrogens is 196 g/mol. The van der Waals surface area contributed by atoms with Crippen LogP contribution in [-0.2, 0) is 0 Å². The lowest BCUT2D eigenvalue weighted by Crippen LogP contribution is -2.48. The van der Waals surface area contributed by atoms with Crippen molar-refractivity contribution in [2.24, 2.45) is 5.92 Å². The summed E-state index contributed by atoms with van der Waals surface area (Å²) < 4.78 is 0. The Bertz CT molecular complexity index is 325. The molecule has 88 valence electrons. The highest BCUT2D eigenvalue weighted by molar-refractivity contribution is 5.27. The summed E-state index contributed by atoms with van der Waals surface area (Å²) in [7, 11) is 2.05. The summed E-state index contributed by atoms with van der Waals surface area (Å²) in [6.07, 6.45) is 0. The maximum absolute atomic E-state index is 3.43. The predicted molar refractivity (Wildman–Crippen MR) is 68.7 cm³/mol. The number of benzene rings is 1. The molecule has 2 rings (SSSR count). The molecule has 1 atom stereocenters. The summed E-state index contributed by atoms with van der Waals surface area (Å²) in [5.74, 6) is 1.36. The Balaban J connectivity index is 2.12. The van der Waals surface area contributed by atoms with Gasteiger partial charge in [0, 0.05) is 25.0 Å². The van der Waals surface area contributed by atoms with E-state index in [4.69, 9.17) is 0 Å². The number of hydrogen-bond acceptors (Lipinski definition) is 2. The Labute approximate surface area is 98.4 Å². The van der Waals surface area contributed by atoms with Crippen LogP contribution in [0, 0.1) is 5.92 Å². The molecule has 1 unspecified atom stereocenters. The maximum atomic E-state index is 3.43. The second-order valence-electron chi connectivity index (χ2n) is 5.01. The van der Waals surface area contributed by atoms with Crippen LogP contribution in [-0.4, -0.2) is 20.1 Å². The topological polar surface area (TPSA) is 24.1 Å². The van der Waals surface area contributed by atoms with E-state index in [9.17, 15) is 0 Å². The van der Waals surface area contributed by atoms with Crippen molar-refractivity contribution in [2.45, 2.75) is 25.8 Å². The molecule has 1 aliphatic heterocycles. The van der Waals surface area contributed by atoms with Crippen LogP contribution in [0.3, 0.4) is 0 Å². The van der Waals surface area contributed by atoms with Gasteiger partial charge in [-0.2, -0.15) is 0 Å². The Kier molecular flexibility index (Phi) is 3.62. The minimum atomic E-state index is 0.502. The summed E-state index contributed by atoms with van der Waals surface area (Å²) in [6, 6.07) is 9.57. The molecule has 0 bridgehead atoms. The summed E-state index contributed by atoms with van der Waals surface area (Å²) in [4.78, 5) is 0. The molecule has 1 saturated heterocycles. The molecule has 2 heteroatoms. The standard InChI is InChI=1S/C14H22N2/c1-10(2)11-4-6-12(7-5-11)14(15-3)13-8-16-9-13/h4-7,10,13-16H,8-9H2,1-3H3. The van der Waals surface area contributed by atoms with Gasteiger partial charge in [-0.15, -0.1) is 0 Å². The summed E-state index contributed by atoms with van der Waals surface area (Å²) in [5.41, 5.74) is 2.84. The van der Waals surface area contributed by atoms with E-state index in [1.165, 1.54) is 11.1 Å². The van der Waals surface area contributed by atoms with E-state index >= 15 is 0 Å². The highest BCUT2D eigenvalue weighted by Gasteiger charge is 2.26. The average Bonchev–Trinajstić information content (AvgIpc) is 2.23. The van der Waals surface area contributed by atoms with Gasteiger partial charge in [-0.25, -0.2) is 0 Å². The third-order valence-electron chi connectivity index (χ3n) is 3.56. The van der Waals surface area contributed by atoms with Crippen LogP contribution in [0.25, 0.3) is 0 Å². The lowest BCUT2D eigenvalue weighted by molar-refractivity contribution is 0.268. The number of hydrogen-bond donors (Lipinski definition) is 2. The van der Waals surface area contributed by atoms with Gasteiger partial charge in [0.2, 0.25) is 0 Å². The highest BCUT2D eigenvalue weighted by Crippen LogP contribution is 2.26. The van der Waals surface area contributed by atoms with Crippen molar-refractivity contribution in [1.82, 2.24) is 10.6 Å². The minimum absolute atomic E-state index is 0.502. The molecule has 0 amide bonds. The third kappa shape index (κ3) is 2.28. The summed E-state index contributed by atoms with van der Waals surface area (Å²) >= 11 is 0. The van der Waals surface area contributed by atoms with E-state index < -0.39 is 0 Å². The normalized spacial score (nSPS) is 18.5. The van der Waals surface area contributed by atoms with Gasteiger partial charge < -0.3 is 10.6 Å². The maximum Gasteiger partial charge on any atom is 0.0370 e. The summed E-state index contributed by atoms with van der Waals surface area (Å²) in [5, 5.41) is 6.76. The molecule has 0 spiro atoms. The first-order chi connectivity index (χ1) is 7.72. The van der Waals surface area contributed by atoms with E-state index in [0.29, 0.717) is 12.0 Å². The first-order valence-electron chi connectivity index (χ1n) is 6.20. The zero-order valence-electron chi connectivity index (χ0n) is 10.5. The van der Waals surface area contributed by atoms with Gasteiger partial charge in [-0.3, -0.25) is 0 Å². The van der Waals surface area contributed by atoms with Crippen molar-refractivity contribution in [3.05, 3.63) is 35.4 Å². The highest BCUT2D eigenvalue weighted by atomic mass is 15.0. The van der Waals surface area contributed by atoms with E-state index in [-0.39, 0.29) is 0 Å². The molecule has 1 fully saturated rings. The van der Waals surface area contributed by atoms with Crippen LogP contribution in [0.15, 0.2) is 24.3 Å². The molecule has 0 saturated carbocycles. The van der Waals surface area contributed by atoms with Crippen LogP contribution in [0.1, 0.15) is 36.9 Å². The summed E-state index contributed by atoms with van der Waals surface area (Å²) in [6.45, 7) is 6.75. The fourth-order valence-corrected chi connectivity index (χ4v) is 2.31. The predicted octanol–water partition coefficient (Wildman–Crippen LogP) is 2.29. The van der Waals surface area contributed by atoms with Crippen molar-refractivity contribution in [3.63, 3.8) is 0 Å². The van der Waals surface area contributed by atoms with E-state index in [2.05, 4.69) is 55.8 Å². The Morgan fingerprint density at radius 2 is 1.69 bits per heavy atom. The largest absolute Gasteiger partial charge is 0.316 e. The minimum Gasteiger partial charge on any atom is -0.316 e. The Morgan fingerprint density at radius 3 is 2.06 bits per heavy atom.